The third-order valence-corrected chi connectivity index (χ3v) is 5.40. The first-order valence-corrected chi connectivity index (χ1v) is 9.14. The Morgan fingerprint density at radius 1 is 1.38 bits per heavy atom. The van der Waals surface area contributed by atoms with E-state index in [0.717, 1.165) is 18.5 Å². The van der Waals surface area contributed by atoms with E-state index in [1.165, 1.54) is 42.4 Å². The molecule has 3 unspecified atom stereocenters. The van der Waals surface area contributed by atoms with Gasteiger partial charge in [-0.15, -0.1) is 0 Å². The van der Waals surface area contributed by atoms with Crippen molar-refractivity contribution in [1.82, 2.24) is 10.2 Å². The number of piperidine rings is 1. The standard InChI is InChI=1S/C18H29BrN2/c1-4-20-18(16-8-5-9-17(19)13-16)10-12-21-11-6-7-14(2)15(21)3/h5,8-9,13-15,18,20H,4,6-7,10-12H2,1-3H3. The lowest BCUT2D eigenvalue weighted by atomic mass is 9.91. The van der Waals surface area contributed by atoms with Crippen LogP contribution < -0.4 is 5.32 Å². The smallest absolute Gasteiger partial charge is 0.0332 e. The molecule has 2 nitrogen and oxygen atoms in total. The molecule has 0 saturated carbocycles. The number of benzene rings is 1. The van der Waals surface area contributed by atoms with Crippen molar-refractivity contribution in [1.29, 1.82) is 0 Å². The first-order valence-electron chi connectivity index (χ1n) is 8.34. The van der Waals surface area contributed by atoms with Gasteiger partial charge in [0.2, 0.25) is 0 Å². The zero-order valence-electron chi connectivity index (χ0n) is 13.6. The number of nitrogens with zero attached hydrogens (tertiary/aromatic N) is 1. The summed E-state index contributed by atoms with van der Waals surface area (Å²) in [7, 11) is 0. The van der Waals surface area contributed by atoms with E-state index in [4.69, 9.17) is 0 Å². The highest BCUT2D eigenvalue weighted by Gasteiger charge is 2.25. The van der Waals surface area contributed by atoms with Gasteiger partial charge in [0.1, 0.15) is 0 Å². The van der Waals surface area contributed by atoms with Gasteiger partial charge in [0.05, 0.1) is 0 Å². The average Bonchev–Trinajstić information content (AvgIpc) is 2.47. The number of likely N-dealkylation sites (tertiary alicyclic amines) is 1. The van der Waals surface area contributed by atoms with Crippen molar-refractivity contribution in [3.8, 4) is 0 Å². The Balaban J connectivity index is 1.97. The van der Waals surface area contributed by atoms with Gasteiger partial charge in [0.25, 0.3) is 0 Å². The Hall–Kier alpha value is -0.380. The van der Waals surface area contributed by atoms with E-state index in [0.29, 0.717) is 6.04 Å². The lowest BCUT2D eigenvalue weighted by molar-refractivity contribution is 0.109. The van der Waals surface area contributed by atoms with Crippen LogP contribution in [0.5, 0.6) is 0 Å². The van der Waals surface area contributed by atoms with Gasteiger partial charge in [-0.25, -0.2) is 0 Å². The molecule has 0 bridgehead atoms. The van der Waals surface area contributed by atoms with Gasteiger partial charge in [0, 0.05) is 23.1 Å². The second-order valence-electron chi connectivity index (χ2n) is 6.35. The lowest BCUT2D eigenvalue weighted by Gasteiger charge is -2.38. The Labute approximate surface area is 138 Å². The van der Waals surface area contributed by atoms with Crippen molar-refractivity contribution in [3.63, 3.8) is 0 Å². The van der Waals surface area contributed by atoms with Gasteiger partial charge in [-0.2, -0.15) is 0 Å². The minimum atomic E-state index is 0.455. The molecule has 0 aliphatic carbocycles. The Morgan fingerprint density at radius 3 is 2.90 bits per heavy atom. The topological polar surface area (TPSA) is 15.3 Å². The molecular formula is C18H29BrN2. The molecule has 1 aromatic carbocycles. The molecule has 118 valence electrons. The fourth-order valence-corrected chi connectivity index (χ4v) is 3.80. The van der Waals surface area contributed by atoms with E-state index >= 15 is 0 Å². The molecule has 1 aromatic rings. The predicted octanol–water partition coefficient (Wildman–Crippen LogP) is 4.61. The average molecular weight is 353 g/mol. The molecule has 1 N–H and O–H groups in total. The monoisotopic (exact) mass is 352 g/mol. The zero-order valence-corrected chi connectivity index (χ0v) is 15.2. The third kappa shape index (κ3) is 4.80. The van der Waals surface area contributed by atoms with Crippen molar-refractivity contribution in [2.24, 2.45) is 5.92 Å². The van der Waals surface area contributed by atoms with Crippen LogP contribution in [0.15, 0.2) is 28.7 Å². The second-order valence-corrected chi connectivity index (χ2v) is 7.27. The maximum absolute atomic E-state index is 3.64. The molecule has 1 heterocycles. The fraction of sp³-hybridized carbons (Fsp3) is 0.667. The van der Waals surface area contributed by atoms with Crippen molar-refractivity contribution in [2.75, 3.05) is 19.6 Å². The molecule has 1 fully saturated rings. The van der Waals surface area contributed by atoms with Crippen LogP contribution in [0, 0.1) is 5.92 Å². The molecule has 3 heteroatoms. The summed E-state index contributed by atoms with van der Waals surface area (Å²) < 4.78 is 1.17. The van der Waals surface area contributed by atoms with Crippen molar-refractivity contribution < 1.29 is 0 Å². The van der Waals surface area contributed by atoms with Crippen LogP contribution >= 0.6 is 15.9 Å². The molecule has 1 aliphatic heterocycles. The fourth-order valence-electron chi connectivity index (χ4n) is 3.39. The van der Waals surface area contributed by atoms with Crippen LogP contribution in [-0.2, 0) is 0 Å². The van der Waals surface area contributed by atoms with Gasteiger partial charge in [-0.3, -0.25) is 0 Å². The number of nitrogens with one attached hydrogen (secondary N) is 1. The van der Waals surface area contributed by atoms with Gasteiger partial charge in [0.15, 0.2) is 0 Å². The van der Waals surface area contributed by atoms with Crippen LogP contribution in [0.3, 0.4) is 0 Å². The van der Waals surface area contributed by atoms with E-state index in [1.54, 1.807) is 0 Å². The Morgan fingerprint density at radius 2 is 2.19 bits per heavy atom. The van der Waals surface area contributed by atoms with Crippen LogP contribution in [0.4, 0.5) is 0 Å². The zero-order chi connectivity index (χ0) is 15.2. The van der Waals surface area contributed by atoms with Gasteiger partial charge in [-0.1, -0.05) is 41.9 Å². The third-order valence-electron chi connectivity index (χ3n) is 4.91. The van der Waals surface area contributed by atoms with E-state index in [1.807, 2.05) is 0 Å². The minimum absolute atomic E-state index is 0.455. The summed E-state index contributed by atoms with van der Waals surface area (Å²) in [6, 6.07) is 9.90. The molecule has 0 radical (unpaired) electrons. The highest BCUT2D eigenvalue weighted by molar-refractivity contribution is 9.10. The summed E-state index contributed by atoms with van der Waals surface area (Å²) in [5, 5.41) is 3.64. The van der Waals surface area contributed by atoms with Crippen LogP contribution in [0.2, 0.25) is 0 Å². The van der Waals surface area contributed by atoms with Crippen LogP contribution in [0.25, 0.3) is 0 Å². The molecule has 3 atom stereocenters. The van der Waals surface area contributed by atoms with Crippen LogP contribution in [0.1, 0.15) is 51.6 Å². The molecule has 1 saturated heterocycles. The Kier molecular flexibility index (Phi) is 6.72. The highest BCUT2D eigenvalue weighted by Crippen LogP contribution is 2.26. The molecular weight excluding hydrogens is 324 g/mol. The number of hydrogen-bond acceptors (Lipinski definition) is 2. The quantitative estimate of drug-likeness (QED) is 0.803. The summed E-state index contributed by atoms with van der Waals surface area (Å²) >= 11 is 3.59. The van der Waals surface area contributed by atoms with Gasteiger partial charge in [-0.05, 0) is 62.9 Å². The first-order chi connectivity index (χ1) is 10.1. The summed E-state index contributed by atoms with van der Waals surface area (Å²) in [5.41, 5.74) is 1.39. The SMILES string of the molecule is CCNC(CCN1CCCC(C)C1C)c1cccc(Br)c1. The van der Waals surface area contributed by atoms with E-state index in [9.17, 15) is 0 Å². The minimum Gasteiger partial charge on any atom is -0.310 e. The second kappa shape index (κ2) is 8.30. The maximum atomic E-state index is 3.64. The number of hydrogen-bond donors (Lipinski definition) is 1. The first kappa shape index (κ1) is 17.0. The van der Waals surface area contributed by atoms with Crippen molar-refractivity contribution in [2.45, 2.75) is 52.1 Å². The van der Waals surface area contributed by atoms with Crippen LogP contribution in [-0.4, -0.2) is 30.6 Å². The number of halogens is 1. The van der Waals surface area contributed by atoms with Gasteiger partial charge < -0.3 is 10.2 Å². The molecule has 21 heavy (non-hydrogen) atoms. The normalized spacial score (nSPS) is 25.0. The summed E-state index contributed by atoms with van der Waals surface area (Å²) in [6.45, 7) is 10.5. The molecule has 0 aromatic heterocycles. The van der Waals surface area contributed by atoms with E-state index in [2.05, 4.69) is 71.2 Å². The van der Waals surface area contributed by atoms with E-state index < -0.39 is 0 Å². The molecule has 0 amide bonds. The maximum Gasteiger partial charge on any atom is 0.0332 e. The number of rotatable bonds is 6. The molecule has 1 aliphatic rings. The highest BCUT2D eigenvalue weighted by atomic mass is 79.9. The van der Waals surface area contributed by atoms with Crippen molar-refractivity contribution >= 4 is 15.9 Å². The van der Waals surface area contributed by atoms with E-state index in [-0.39, 0.29) is 0 Å². The van der Waals surface area contributed by atoms with Gasteiger partial charge >= 0.3 is 0 Å². The molecule has 0 spiro atoms. The summed E-state index contributed by atoms with van der Waals surface area (Å²) in [4.78, 5) is 2.68. The largest absolute Gasteiger partial charge is 0.310 e. The molecule has 2 rings (SSSR count). The lowest BCUT2D eigenvalue weighted by Crippen LogP contribution is -2.43. The predicted molar refractivity (Wildman–Crippen MR) is 94.6 cm³/mol. The Bertz CT molecular complexity index is 435. The summed E-state index contributed by atoms with van der Waals surface area (Å²) in [5.74, 6) is 0.835. The van der Waals surface area contributed by atoms with Crippen molar-refractivity contribution in [3.05, 3.63) is 34.3 Å². The summed E-state index contributed by atoms with van der Waals surface area (Å²) in [6.07, 6.45) is 3.93.